The molecule has 76 heavy (non-hydrogen) atoms. The quantitative estimate of drug-likeness (QED) is 0.0282. The Hall–Kier alpha value is -3.73. The van der Waals surface area contributed by atoms with Gasteiger partial charge in [0.05, 0.1) is 25.4 Å². The minimum absolute atomic E-state index is 0.692. The molecule has 0 amide bonds. The summed E-state index contributed by atoms with van der Waals surface area (Å²) >= 11 is 0. The number of hydrogen-bond acceptors (Lipinski definition) is 3. The number of benzene rings is 3. The van der Waals surface area contributed by atoms with Gasteiger partial charge in [-0.25, -0.2) is 9.13 Å². The van der Waals surface area contributed by atoms with Gasteiger partial charge in [-0.15, -0.1) is 0 Å². The standard InChI is InChI=1S/C71H113N2O3/c1-4-7-10-13-16-19-22-25-28-31-34-37-40-47-54-74-66-57-63(71-72-59-61-50-43-45-52-64(61)68(72)69-65-53-46-44-51-62(65)60-73(69)71)58-67(75-55-48-41-38-35-32-29-26-23-20-17-14-11-8-5-2)70(66)76-56-49-42-39-36-33-30-27-24-21-18-15-12-9-6-3/h43-46,50-53,57-58H,4-42,47-49,54-56,59-60H2,1-3H3/q+1. The smallest absolute Gasteiger partial charge is 0.290 e. The third kappa shape index (κ3) is 21.5. The molecule has 0 saturated carbocycles. The summed E-state index contributed by atoms with van der Waals surface area (Å²) in [5.74, 6) is 3.75. The number of nitrogens with zero attached hydrogens (tertiary/aromatic N) is 2. The molecular formula is C71H113N2O3+. The van der Waals surface area contributed by atoms with E-state index in [1.807, 2.05) is 0 Å². The molecule has 5 heteroatoms. The van der Waals surface area contributed by atoms with Gasteiger partial charge >= 0.3 is 0 Å². The van der Waals surface area contributed by atoms with Gasteiger partial charge in [0.2, 0.25) is 5.75 Å². The number of imidazole rings is 1. The lowest BCUT2D eigenvalue weighted by atomic mass is 10.0. The first-order valence-electron chi connectivity index (χ1n) is 33.1. The first kappa shape index (κ1) is 61.5. The maximum atomic E-state index is 6.97. The minimum atomic E-state index is 0.692. The van der Waals surface area contributed by atoms with Gasteiger partial charge in [-0.3, -0.25) is 0 Å². The van der Waals surface area contributed by atoms with Crippen molar-refractivity contribution >= 4 is 0 Å². The van der Waals surface area contributed by atoms with Crippen molar-refractivity contribution < 1.29 is 18.8 Å². The van der Waals surface area contributed by atoms with E-state index in [1.165, 1.54) is 290 Å². The van der Waals surface area contributed by atoms with E-state index in [1.54, 1.807) is 0 Å². The fourth-order valence-electron chi connectivity index (χ4n) is 12.4. The van der Waals surface area contributed by atoms with Crippen molar-refractivity contribution in [2.24, 2.45) is 0 Å². The molecule has 0 unspecified atom stereocenters. The zero-order valence-electron chi connectivity index (χ0n) is 49.6. The molecule has 3 heterocycles. The lowest BCUT2D eigenvalue weighted by Gasteiger charge is -2.19. The van der Waals surface area contributed by atoms with Gasteiger partial charge < -0.3 is 14.2 Å². The van der Waals surface area contributed by atoms with Crippen LogP contribution in [0.5, 0.6) is 17.2 Å². The van der Waals surface area contributed by atoms with Crippen molar-refractivity contribution in [3.8, 4) is 51.2 Å². The Morgan fingerprint density at radius 3 is 1.09 bits per heavy atom. The van der Waals surface area contributed by atoms with Crippen molar-refractivity contribution in [2.75, 3.05) is 19.8 Å². The van der Waals surface area contributed by atoms with Gasteiger partial charge in [0, 0.05) is 22.3 Å². The molecule has 5 nitrogen and oxygen atoms in total. The van der Waals surface area contributed by atoms with Crippen LogP contribution in [0.2, 0.25) is 0 Å². The summed E-state index contributed by atoms with van der Waals surface area (Å²) in [7, 11) is 0. The maximum Gasteiger partial charge on any atom is 0.290 e. The molecule has 2 aliphatic rings. The number of hydrogen-bond donors (Lipinski definition) is 0. The Balaban J connectivity index is 1.10. The number of rotatable bonds is 49. The topological polar surface area (TPSA) is 36.5 Å². The molecule has 424 valence electrons. The highest BCUT2D eigenvalue weighted by molar-refractivity contribution is 5.85. The summed E-state index contributed by atoms with van der Waals surface area (Å²) in [4.78, 5) is 0. The van der Waals surface area contributed by atoms with Gasteiger partial charge in [0.1, 0.15) is 13.1 Å². The molecule has 3 aromatic carbocycles. The molecule has 0 fully saturated rings. The van der Waals surface area contributed by atoms with Crippen LogP contribution in [0.15, 0.2) is 60.7 Å². The zero-order valence-corrected chi connectivity index (χ0v) is 49.6. The molecule has 4 aromatic rings. The Labute approximate surface area is 467 Å². The normalized spacial score (nSPS) is 12.3. The van der Waals surface area contributed by atoms with Crippen molar-refractivity contribution in [3.63, 3.8) is 0 Å². The molecule has 0 aliphatic carbocycles. The summed E-state index contributed by atoms with van der Waals surface area (Å²) in [5.41, 5.74) is 9.32. The van der Waals surface area contributed by atoms with E-state index in [0.717, 1.165) is 55.2 Å². The predicted octanol–water partition coefficient (Wildman–Crippen LogP) is 22.1. The van der Waals surface area contributed by atoms with Crippen LogP contribution in [-0.2, 0) is 13.1 Å². The monoisotopic (exact) mass is 1040 g/mol. The molecule has 1 aromatic heterocycles. The highest BCUT2D eigenvalue weighted by atomic mass is 16.5. The second-order valence-electron chi connectivity index (χ2n) is 23.6. The van der Waals surface area contributed by atoms with Crippen molar-refractivity contribution in [1.29, 1.82) is 0 Å². The predicted molar refractivity (Wildman–Crippen MR) is 327 cm³/mol. The number of unbranched alkanes of at least 4 members (excludes halogenated alkanes) is 39. The van der Waals surface area contributed by atoms with Gasteiger partial charge in [0.15, 0.2) is 22.9 Å². The summed E-state index contributed by atoms with van der Waals surface area (Å²) in [5, 5.41) is 0. The summed E-state index contributed by atoms with van der Waals surface area (Å²) in [6.07, 6.45) is 56.8. The largest absolute Gasteiger partial charge is 0.490 e. The molecule has 0 radical (unpaired) electrons. The van der Waals surface area contributed by atoms with Crippen LogP contribution in [0.25, 0.3) is 33.9 Å². The molecule has 0 saturated heterocycles. The second kappa shape index (κ2) is 38.8. The van der Waals surface area contributed by atoms with E-state index in [0.29, 0.717) is 19.8 Å². The van der Waals surface area contributed by atoms with Crippen LogP contribution in [-0.4, -0.2) is 24.4 Å². The minimum Gasteiger partial charge on any atom is -0.490 e. The zero-order chi connectivity index (χ0) is 52.9. The van der Waals surface area contributed by atoms with Crippen LogP contribution in [0.3, 0.4) is 0 Å². The number of ether oxygens (including phenoxy) is 3. The molecular weight excluding hydrogens is 929 g/mol. The van der Waals surface area contributed by atoms with E-state index >= 15 is 0 Å². The highest BCUT2D eigenvalue weighted by Gasteiger charge is 2.42. The van der Waals surface area contributed by atoms with Crippen molar-refractivity contribution in [3.05, 3.63) is 71.8 Å². The number of aromatic nitrogens is 2. The Morgan fingerprint density at radius 1 is 0.368 bits per heavy atom. The van der Waals surface area contributed by atoms with Crippen molar-refractivity contribution in [2.45, 2.75) is 304 Å². The lowest BCUT2D eigenvalue weighted by Crippen LogP contribution is -2.34. The fraction of sp³-hybridized carbons (Fsp3) is 0.704. The average molecular weight is 1040 g/mol. The van der Waals surface area contributed by atoms with E-state index in [4.69, 9.17) is 14.2 Å². The third-order valence-electron chi connectivity index (χ3n) is 17.0. The molecule has 2 aliphatic heterocycles. The fourth-order valence-corrected chi connectivity index (χ4v) is 12.4. The summed E-state index contributed by atoms with van der Waals surface area (Å²) in [6.45, 7) is 10.7. The molecule has 6 rings (SSSR count). The Morgan fingerprint density at radius 2 is 0.697 bits per heavy atom. The van der Waals surface area contributed by atoms with Gasteiger partial charge in [-0.1, -0.05) is 320 Å². The first-order valence-corrected chi connectivity index (χ1v) is 33.1. The lowest BCUT2D eigenvalue weighted by molar-refractivity contribution is -0.660. The van der Waals surface area contributed by atoms with Crippen LogP contribution >= 0.6 is 0 Å². The second-order valence-corrected chi connectivity index (χ2v) is 23.6. The van der Waals surface area contributed by atoms with E-state index < -0.39 is 0 Å². The average Bonchev–Trinajstić information content (AvgIpc) is 4.18. The first-order chi connectivity index (χ1) is 37.7. The number of fused-ring (bicyclic) bond motifs is 7. The van der Waals surface area contributed by atoms with E-state index in [9.17, 15) is 0 Å². The van der Waals surface area contributed by atoms with Gasteiger partial charge in [-0.05, 0) is 31.4 Å². The Kier molecular flexibility index (Phi) is 31.4. The van der Waals surface area contributed by atoms with Crippen LogP contribution in [0, 0.1) is 0 Å². The van der Waals surface area contributed by atoms with E-state index in [-0.39, 0.29) is 0 Å². The summed E-state index contributed by atoms with van der Waals surface area (Å²) < 4.78 is 26.0. The highest BCUT2D eigenvalue weighted by Crippen LogP contribution is 2.48. The van der Waals surface area contributed by atoms with Gasteiger partial charge in [0.25, 0.3) is 5.82 Å². The summed E-state index contributed by atoms with van der Waals surface area (Å²) in [6, 6.07) is 22.7. The molecule has 0 N–H and O–H groups in total. The molecule has 0 spiro atoms. The van der Waals surface area contributed by atoms with Crippen LogP contribution < -0.4 is 18.8 Å². The molecule has 0 atom stereocenters. The third-order valence-corrected chi connectivity index (χ3v) is 17.0. The SMILES string of the molecule is CCCCCCCCCCCCCCCCOc1cc(-c2n3c(c4[n+]2Cc2ccccc2-4)-c2ccccc2C3)cc(OCCCCCCCCCCCCCCCC)c1OCCCCCCCCCCCCCCCC. The van der Waals surface area contributed by atoms with Gasteiger partial charge in [-0.2, -0.15) is 0 Å². The van der Waals surface area contributed by atoms with Crippen molar-refractivity contribution in [1.82, 2.24) is 4.57 Å². The maximum absolute atomic E-state index is 6.97. The van der Waals surface area contributed by atoms with Crippen LogP contribution in [0.1, 0.15) is 302 Å². The molecule has 0 bridgehead atoms. The Bertz CT molecular complexity index is 1990. The van der Waals surface area contributed by atoms with E-state index in [2.05, 4.69) is 90.6 Å². The van der Waals surface area contributed by atoms with Crippen LogP contribution in [0.4, 0.5) is 0 Å².